The number of hydrogen-bond donors (Lipinski definition) is 3. The molecule has 0 saturated carbocycles. The zero-order chi connectivity index (χ0) is 21.6. The summed E-state index contributed by atoms with van der Waals surface area (Å²) in [7, 11) is 4.19. The largest absolute Gasteiger partial charge is 0.351 e. The third-order valence-electron chi connectivity index (χ3n) is 4.69. The van der Waals surface area contributed by atoms with E-state index in [0.29, 0.717) is 11.7 Å². The van der Waals surface area contributed by atoms with Gasteiger partial charge in [0.2, 0.25) is 5.91 Å². The van der Waals surface area contributed by atoms with Crippen molar-refractivity contribution in [3.8, 4) is 0 Å². The highest BCUT2D eigenvalue weighted by atomic mass is 32.2. The lowest BCUT2D eigenvalue weighted by Gasteiger charge is -2.22. The normalized spacial score (nSPS) is 13.5. The van der Waals surface area contributed by atoms with Gasteiger partial charge in [-0.15, -0.1) is 10.2 Å². The summed E-state index contributed by atoms with van der Waals surface area (Å²) in [4.78, 5) is 24.9. The van der Waals surface area contributed by atoms with Gasteiger partial charge in [0.25, 0.3) is 0 Å². The number of nitrogens with one attached hydrogen (secondary N) is 2. The molecular weight excluding hydrogens is 388 g/mol. The molecule has 3 amide bonds. The van der Waals surface area contributed by atoms with Crippen molar-refractivity contribution in [2.24, 2.45) is 11.7 Å². The number of aromatic nitrogens is 3. The first-order valence-corrected chi connectivity index (χ1v) is 10.7. The maximum atomic E-state index is 12.5. The number of nitrogens with zero attached hydrogens (tertiary/aromatic N) is 3. The van der Waals surface area contributed by atoms with Crippen LogP contribution in [0.25, 0.3) is 0 Å². The number of hydrogen-bond acceptors (Lipinski definition) is 5. The van der Waals surface area contributed by atoms with Crippen LogP contribution in [-0.4, -0.2) is 46.0 Å². The van der Waals surface area contributed by atoms with Gasteiger partial charge in [-0.1, -0.05) is 62.9 Å². The van der Waals surface area contributed by atoms with Crippen molar-refractivity contribution in [2.75, 3.05) is 14.1 Å². The number of amides is 3. The van der Waals surface area contributed by atoms with E-state index < -0.39 is 17.2 Å². The van der Waals surface area contributed by atoms with E-state index >= 15 is 0 Å². The summed E-state index contributed by atoms with van der Waals surface area (Å²) in [5, 5.41) is 11.2. The number of carbonyl (C=O) groups is 2. The number of imide groups is 1. The van der Waals surface area contributed by atoms with Crippen LogP contribution in [0.5, 0.6) is 0 Å². The lowest BCUT2D eigenvalue weighted by Crippen LogP contribution is -3.06. The first-order valence-electron chi connectivity index (χ1n) is 9.78. The summed E-state index contributed by atoms with van der Waals surface area (Å²) >= 11 is 1.31. The molecule has 8 nitrogen and oxygen atoms in total. The van der Waals surface area contributed by atoms with Crippen molar-refractivity contribution >= 4 is 23.7 Å². The molecule has 9 heteroatoms. The second kappa shape index (κ2) is 10.4. The van der Waals surface area contributed by atoms with Gasteiger partial charge in [0.05, 0.1) is 25.9 Å². The molecule has 158 valence electrons. The summed E-state index contributed by atoms with van der Waals surface area (Å²) in [6, 6.07) is 9.42. The number of primary amides is 1. The van der Waals surface area contributed by atoms with E-state index in [0.717, 1.165) is 17.8 Å². The molecule has 0 spiro atoms. The molecule has 4 N–H and O–H groups in total. The zero-order valence-electron chi connectivity index (χ0n) is 17.7. The van der Waals surface area contributed by atoms with Gasteiger partial charge in [-0.25, -0.2) is 4.79 Å². The molecule has 1 aromatic heterocycles. The highest BCUT2D eigenvalue weighted by molar-refractivity contribution is 8.00. The first kappa shape index (κ1) is 22.9. The fourth-order valence-corrected chi connectivity index (χ4v) is 4.25. The molecule has 2 rings (SSSR count). The van der Waals surface area contributed by atoms with Crippen LogP contribution in [0.3, 0.4) is 0 Å². The molecule has 1 heterocycles. The Morgan fingerprint density at radius 2 is 1.86 bits per heavy atom. The van der Waals surface area contributed by atoms with E-state index in [4.69, 9.17) is 5.73 Å². The number of rotatable bonds is 9. The van der Waals surface area contributed by atoms with Crippen molar-refractivity contribution in [1.82, 2.24) is 20.1 Å². The van der Waals surface area contributed by atoms with Crippen molar-refractivity contribution in [3.63, 3.8) is 0 Å². The van der Waals surface area contributed by atoms with Crippen LogP contribution >= 0.6 is 11.8 Å². The summed E-state index contributed by atoms with van der Waals surface area (Å²) in [5.74, 6) is 0.446. The average Bonchev–Trinajstić information content (AvgIpc) is 3.02. The maximum absolute atomic E-state index is 12.5. The van der Waals surface area contributed by atoms with Crippen molar-refractivity contribution in [1.29, 1.82) is 0 Å². The molecular formula is C20H31N6O2S+. The van der Waals surface area contributed by atoms with Crippen LogP contribution in [0, 0.1) is 5.92 Å². The molecule has 0 aliphatic carbocycles. The lowest BCUT2D eigenvalue weighted by atomic mass is 10.1. The Labute approximate surface area is 176 Å². The predicted octanol–water partition coefficient (Wildman–Crippen LogP) is 1.23. The molecule has 0 aliphatic rings. The third-order valence-corrected chi connectivity index (χ3v) is 6.21. The Bertz CT molecular complexity index is 822. The van der Waals surface area contributed by atoms with Gasteiger partial charge < -0.3 is 10.6 Å². The number of thioether (sulfide) groups is 1. The topological polar surface area (TPSA) is 107 Å². The van der Waals surface area contributed by atoms with Crippen LogP contribution in [0.1, 0.15) is 44.6 Å². The minimum Gasteiger partial charge on any atom is -0.351 e. The zero-order valence-corrected chi connectivity index (χ0v) is 18.5. The second-order valence-electron chi connectivity index (χ2n) is 7.59. The van der Waals surface area contributed by atoms with Gasteiger partial charge >= 0.3 is 6.03 Å². The lowest BCUT2D eigenvalue weighted by molar-refractivity contribution is -0.893. The average molecular weight is 420 g/mol. The molecule has 0 radical (unpaired) electrons. The molecule has 0 aliphatic heterocycles. The minimum absolute atomic E-state index is 0.0221. The minimum atomic E-state index is -0.852. The SMILES string of the molecule is CC[C@@H](c1nnc(S[C@H](C(=O)NC(N)=O)C(C)C)n1Cc1ccccc1)[NH+](C)C. The number of benzene rings is 1. The van der Waals surface area contributed by atoms with Gasteiger partial charge in [0.15, 0.2) is 11.0 Å². The number of quaternary nitrogens is 1. The Morgan fingerprint density at radius 3 is 2.38 bits per heavy atom. The highest BCUT2D eigenvalue weighted by Gasteiger charge is 2.30. The number of carbonyl (C=O) groups excluding carboxylic acids is 2. The Hall–Kier alpha value is -2.39. The van der Waals surface area contributed by atoms with Gasteiger partial charge in [0, 0.05) is 6.42 Å². The van der Waals surface area contributed by atoms with E-state index in [1.807, 2.05) is 32.0 Å². The molecule has 0 saturated heterocycles. The molecule has 1 aromatic carbocycles. The highest BCUT2D eigenvalue weighted by Crippen LogP contribution is 2.29. The summed E-state index contributed by atoms with van der Waals surface area (Å²) in [6.07, 6.45) is 0.912. The van der Waals surface area contributed by atoms with Crippen LogP contribution in [0.4, 0.5) is 4.79 Å². The summed E-state index contributed by atoms with van der Waals surface area (Å²) in [5.41, 5.74) is 6.26. The fourth-order valence-electron chi connectivity index (χ4n) is 3.21. The van der Waals surface area contributed by atoms with Crippen LogP contribution in [0.15, 0.2) is 35.5 Å². The van der Waals surface area contributed by atoms with Gasteiger partial charge in [-0.05, 0) is 11.5 Å². The third kappa shape index (κ3) is 6.04. The van der Waals surface area contributed by atoms with Gasteiger partial charge in [0.1, 0.15) is 6.04 Å². The number of nitrogens with two attached hydrogens (primary N) is 1. The molecule has 29 heavy (non-hydrogen) atoms. The molecule has 2 atom stereocenters. The van der Waals surface area contributed by atoms with E-state index in [1.54, 1.807) is 0 Å². The Kier molecular flexibility index (Phi) is 8.21. The van der Waals surface area contributed by atoms with Crippen LogP contribution in [0.2, 0.25) is 0 Å². The molecule has 0 bridgehead atoms. The number of urea groups is 1. The monoisotopic (exact) mass is 419 g/mol. The smallest absolute Gasteiger partial charge is 0.318 e. The first-order chi connectivity index (χ1) is 13.7. The summed E-state index contributed by atoms with van der Waals surface area (Å²) < 4.78 is 2.08. The van der Waals surface area contributed by atoms with Crippen molar-refractivity contribution < 1.29 is 14.5 Å². The van der Waals surface area contributed by atoms with Gasteiger partial charge in [-0.3, -0.25) is 14.7 Å². The van der Waals surface area contributed by atoms with E-state index in [-0.39, 0.29) is 12.0 Å². The van der Waals surface area contributed by atoms with Gasteiger partial charge in [-0.2, -0.15) is 0 Å². The second-order valence-corrected chi connectivity index (χ2v) is 8.70. The standard InChI is InChI=1S/C20H30N6O2S/c1-6-15(25(4)5)17-23-24-20(26(17)12-14-10-8-7-9-11-14)29-16(13(2)3)18(27)22-19(21)28/h7-11,13,15-16H,6,12H2,1-5H3,(H3,21,22,27,28)/p+1/t15-,16-/m0/s1. The van der Waals surface area contributed by atoms with Crippen LogP contribution in [-0.2, 0) is 11.3 Å². The summed E-state index contributed by atoms with van der Waals surface area (Å²) in [6.45, 7) is 6.59. The van der Waals surface area contributed by atoms with E-state index in [1.165, 1.54) is 16.7 Å². The fraction of sp³-hybridized carbons (Fsp3) is 0.500. The molecule has 2 aromatic rings. The Morgan fingerprint density at radius 1 is 1.21 bits per heavy atom. The maximum Gasteiger partial charge on any atom is 0.318 e. The van der Waals surface area contributed by atoms with Crippen molar-refractivity contribution in [2.45, 2.75) is 50.2 Å². The molecule has 0 unspecified atom stereocenters. The molecule has 0 fully saturated rings. The predicted molar refractivity (Wildman–Crippen MR) is 114 cm³/mol. The van der Waals surface area contributed by atoms with Crippen molar-refractivity contribution in [3.05, 3.63) is 41.7 Å². The van der Waals surface area contributed by atoms with E-state index in [9.17, 15) is 9.59 Å². The van der Waals surface area contributed by atoms with Crippen LogP contribution < -0.4 is 16.0 Å². The van der Waals surface area contributed by atoms with E-state index in [2.05, 4.69) is 53.2 Å². The Balaban J connectivity index is 2.43. The quantitative estimate of drug-likeness (QED) is 0.530.